The van der Waals surface area contributed by atoms with Crippen LogP contribution in [0.1, 0.15) is 6.42 Å². The molecule has 0 aromatic heterocycles. The molecule has 1 unspecified atom stereocenters. The average Bonchev–Trinajstić information content (AvgIpc) is 3.02. The van der Waals surface area contributed by atoms with Gasteiger partial charge >= 0.3 is 12.4 Å². The quantitative estimate of drug-likeness (QED) is 0.792. The standard InChI is InChI=1S/C19H18F3N3O4/c1-28-16-4-2-3-14(10-16)25-11-13(9-17(25)26)24-18(27)23-12-5-7-15(8-6-12)29-19(20,21)22/h2-8,10,13H,9,11H2,1H3,(H2,23,24,27). The van der Waals surface area contributed by atoms with Crippen molar-refractivity contribution in [2.24, 2.45) is 0 Å². The maximum atomic E-state index is 12.3. The average molecular weight is 409 g/mol. The zero-order valence-corrected chi connectivity index (χ0v) is 15.3. The molecule has 1 atom stereocenters. The number of hydrogen-bond acceptors (Lipinski definition) is 4. The van der Waals surface area contributed by atoms with Crippen LogP contribution in [-0.2, 0) is 4.79 Å². The highest BCUT2D eigenvalue weighted by Crippen LogP contribution is 2.26. The van der Waals surface area contributed by atoms with Crippen LogP contribution in [-0.4, -0.2) is 38.0 Å². The van der Waals surface area contributed by atoms with Gasteiger partial charge in [-0.2, -0.15) is 0 Å². The van der Waals surface area contributed by atoms with Gasteiger partial charge in [0.1, 0.15) is 11.5 Å². The molecule has 0 aliphatic carbocycles. The number of ether oxygens (including phenoxy) is 2. The molecule has 2 N–H and O–H groups in total. The van der Waals surface area contributed by atoms with Crippen molar-refractivity contribution in [3.63, 3.8) is 0 Å². The van der Waals surface area contributed by atoms with Gasteiger partial charge in [-0.3, -0.25) is 4.79 Å². The molecule has 1 aliphatic rings. The molecule has 3 amide bonds. The molecule has 2 aromatic carbocycles. The maximum Gasteiger partial charge on any atom is 0.573 e. The van der Waals surface area contributed by atoms with Crippen LogP contribution in [0.2, 0.25) is 0 Å². The molecule has 29 heavy (non-hydrogen) atoms. The minimum atomic E-state index is -4.78. The molecule has 0 radical (unpaired) electrons. The van der Waals surface area contributed by atoms with Crippen LogP contribution in [0.5, 0.6) is 11.5 Å². The molecule has 1 heterocycles. The van der Waals surface area contributed by atoms with Gasteiger partial charge in [0.15, 0.2) is 0 Å². The summed E-state index contributed by atoms with van der Waals surface area (Å²) in [7, 11) is 1.53. The van der Waals surface area contributed by atoms with E-state index >= 15 is 0 Å². The normalized spacial score (nSPS) is 16.5. The Morgan fingerprint density at radius 2 is 1.86 bits per heavy atom. The maximum absolute atomic E-state index is 12.3. The van der Waals surface area contributed by atoms with Crippen LogP contribution in [0, 0.1) is 0 Å². The van der Waals surface area contributed by atoms with Crippen LogP contribution >= 0.6 is 0 Å². The van der Waals surface area contributed by atoms with Crippen LogP contribution in [0.3, 0.4) is 0 Å². The Bertz CT molecular complexity index is 887. The predicted molar refractivity (Wildman–Crippen MR) is 99.0 cm³/mol. The van der Waals surface area contributed by atoms with Crippen molar-refractivity contribution in [3.05, 3.63) is 48.5 Å². The Hall–Kier alpha value is -3.43. The Kier molecular flexibility index (Phi) is 5.81. The second-order valence-corrected chi connectivity index (χ2v) is 6.28. The lowest BCUT2D eigenvalue weighted by Crippen LogP contribution is -2.39. The number of alkyl halides is 3. The summed E-state index contributed by atoms with van der Waals surface area (Å²) in [6.07, 6.45) is -4.65. The van der Waals surface area contributed by atoms with Gasteiger partial charge in [0.25, 0.3) is 0 Å². The lowest BCUT2D eigenvalue weighted by Gasteiger charge is -2.18. The summed E-state index contributed by atoms with van der Waals surface area (Å²) in [6.45, 7) is 0.289. The highest BCUT2D eigenvalue weighted by Gasteiger charge is 2.32. The molecule has 0 bridgehead atoms. The molecule has 3 rings (SSSR count). The van der Waals surface area contributed by atoms with Crippen LogP contribution in [0.25, 0.3) is 0 Å². The van der Waals surface area contributed by atoms with E-state index in [2.05, 4.69) is 15.4 Å². The Morgan fingerprint density at radius 1 is 1.14 bits per heavy atom. The Labute approximate surface area is 164 Å². The van der Waals surface area contributed by atoms with Gasteiger partial charge in [-0.05, 0) is 36.4 Å². The van der Waals surface area contributed by atoms with Crippen molar-refractivity contribution in [2.45, 2.75) is 18.8 Å². The number of rotatable bonds is 5. The van der Waals surface area contributed by atoms with Gasteiger partial charge in [0.2, 0.25) is 5.91 Å². The highest BCUT2D eigenvalue weighted by atomic mass is 19.4. The summed E-state index contributed by atoms with van der Waals surface area (Å²) in [5.74, 6) is 0.0818. The Balaban J connectivity index is 1.55. The molecule has 1 aliphatic heterocycles. The number of methoxy groups -OCH3 is 1. The summed E-state index contributed by atoms with van der Waals surface area (Å²) in [5, 5.41) is 5.19. The number of benzene rings is 2. The smallest absolute Gasteiger partial charge is 0.497 e. The van der Waals surface area contributed by atoms with E-state index in [0.29, 0.717) is 11.4 Å². The molecule has 154 valence electrons. The van der Waals surface area contributed by atoms with Crippen LogP contribution in [0.4, 0.5) is 29.3 Å². The van der Waals surface area contributed by atoms with Crippen molar-refractivity contribution < 1.29 is 32.2 Å². The lowest BCUT2D eigenvalue weighted by atomic mass is 10.2. The first kappa shape index (κ1) is 20.3. The third-order valence-corrected chi connectivity index (χ3v) is 4.17. The largest absolute Gasteiger partial charge is 0.573 e. The number of nitrogens with one attached hydrogen (secondary N) is 2. The van der Waals surface area contributed by atoms with Gasteiger partial charge in [-0.1, -0.05) is 6.07 Å². The first-order chi connectivity index (χ1) is 13.7. The third-order valence-electron chi connectivity index (χ3n) is 4.17. The second kappa shape index (κ2) is 8.29. The van der Waals surface area contributed by atoms with Crippen molar-refractivity contribution in [1.29, 1.82) is 0 Å². The van der Waals surface area contributed by atoms with E-state index in [-0.39, 0.29) is 24.6 Å². The van der Waals surface area contributed by atoms with Gasteiger partial charge in [-0.15, -0.1) is 13.2 Å². The fraction of sp³-hybridized carbons (Fsp3) is 0.263. The highest BCUT2D eigenvalue weighted by molar-refractivity contribution is 5.97. The first-order valence-electron chi connectivity index (χ1n) is 8.61. The number of urea groups is 1. The lowest BCUT2D eigenvalue weighted by molar-refractivity contribution is -0.274. The van der Waals surface area contributed by atoms with E-state index in [4.69, 9.17) is 4.74 Å². The fourth-order valence-corrected chi connectivity index (χ4v) is 2.92. The second-order valence-electron chi connectivity index (χ2n) is 6.28. The van der Waals surface area contributed by atoms with E-state index in [1.807, 2.05) is 0 Å². The fourth-order valence-electron chi connectivity index (χ4n) is 2.92. The minimum absolute atomic E-state index is 0.128. The van der Waals surface area contributed by atoms with Gasteiger partial charge in [-0.25, -0.2) is 4.79 Å². The molecular weight excluding hydrogens is 391 g/mol. The molecular formula is C19H18F3N3O4. The number of nitrogens with zero attached hydrogens (tertiary/aromatic N) is 1. The Morgan fingerprint density at radius 3 is 2.52 bits per heavy atom. The van der Waals surface area contributed by atoms with Gasteiger partial charge < -0.3 is 25.0 Å². The molecule has 0 spiro atoms. The first-order valence-corrected chi connectivity index (χ1v) is 8.61. The monoisotopic (exact) mass is 409 g/mol. The van der Waals surface area contributed by atoms with Crippen LogP contribution < -0.4 is 25.0 Å². The zero-order valence-electron chi connectivity index (χ0n) is 15.3. The summed E-state index contributed by atoms with van der Waals surface area (Å²) < 4.78 is 45.4. The molecule has 7 nitrogen and oxygen atoms in total. The number of amides is 3. The zero-order chi connectivity index (χ0) is 21.0. The molecule has 2 aromatic rings. The summed E-state index contributed by atoms with van der Waals surface area (Å²) in [4.78, 5) is 26.0. The van der Waals surface area contributed by atoms with E-state index < -0.39 is 24.2 Å². The van der Waals surface area contributed by atoms with E-state index in [1.165, 1.54) is 19.2 Å². The molecule has 0 saturated carbocycles. The number of hydrogen-bond donors (Lipinski definition) is 2. The molecule has 1 saturated heterocycles. The van der Waals surface area contributed by atoms with Crippen molar-refractivity contribution in [2.75, 3.05) is 23.9 Å². The van der Waals surface area contributed by atoms with Crippen LogP contribution in [0.15, 0.2) is 48.5 Å². The predicted octanol–water partition coefficient (Wildman–Crippen LogP) is 3.52. The van der Waals surface area contributed by atoms with Crippen molar-refractivity contribution >= 4 is 23.3 Å². The van der Waals surface area contributed by atoms with E-state index in [9.17, 15) is 22.8 Å². The molecule has 1 fully saturated rings. The van der Waals surface area contributed by atoms with E-state index in [0.717, 1.165) is 12.1 Å². The van der Waals surface area contributed by atoms with E-state index in [1.54, 1.807) is 29.2 Å². The third kappa shape index (κ3) is 5.53. The SMILES string of the molecule is COc1cccc(N2CC(NC(=O)Nc3ccc(OC(F)(F)F)cc3)CC2=O)c1. The van der Waals surface area contributed by atoms with Crippen molar-refractivity contribution in [3.8, 4) is 11.5 Å². The molecule has 10 heteroatoms. The van der Waals surface area contributed by atoms with Gasteiger partial charge in [0.05, 0.1) is 13.2 Å². The summed E-state index contributed by atoms with van der Waals surface area (Å²) in [5.41, 5.74) is 0.949. The summed E-state index contributed by atoms with van der Waals surface area (Å²) >= 11 is 0. The number of anilines is 2. The topological polar surface area (TPSA) is 79.9 Å². The summed E-state index contributed by atoms with van der Waals surface area (Å²) in [6, 6.07) is 10.8. The number of halogens is 3. The van der Waals surface area contributed by atoms with Crippen molar-refractivity contribution in [1.82, 2.24) is 5.32 Å². The number of carbonyl (C=O) groups excluding carboxylic acids is 2. The number of carbonyl (C=O) groups is 2. The van der Waals surface area contributed by atoms with Gasteiger partial charge in [0, 0.05) is 30.4 Å². The minimum Gasteiger partial charge on any atom is -0.497 e.